The average Bonchev–Trinajstić information content (AvgIpc) is 2.46. The van der Waals surface area contributed by atoms with Gasteiger partial charge in [0, 0.05) is 32.7 Å². The van der Waals surface area contributed by atoms with E-state index in [-0.39, 0.29) is 0 Å². The summed E-state index contributed by atoms with van der Waals surface area (Å²) in [5.74, 6) is 0. The van der Waals surface area contributed by atoms with E-state index in [1.54, 1.807) is 0 Å². The highest BCUT2D eigenvalue weighted by atomic mass is 15.2. The van der Waals surface area contributed by atoms with Gasteiger partial charge < -0.3 is 15.5 Å². The second-order valence-electron chi connectivity index (χ2n) is 5.03. The van der Waals surface area contributed by atoms with E-state index in [4.69, 9.17) is 5.26 Å². The number of rotatable bonds is 5. The van der Waals surface area contributed by atoms with E-state index in [1.165, 1.54) is 0 Å². The van der Waals surface area contributed by atoms with E-state index in [0.29, 0.717) is 0 Å². The monoisotopic (exact) mass is 258 g/mol. The zero-order valence-corrected chi connectivity index (χ0v) is 11.6. The van der Waals surface area contributed by atoms with Gasteiger partial charge in [0.15, 0.2) is 0 Å². The number of nitriles is 1. The fourth-order valence-corrected chi connectivity index (χ4v) is 2.37. The topological polar surface area (TPSA) is 51.1 Å². The predicted octanol–water partition coefficient (Wildman–Crippen LogP) is 1.57. The summed E-state index contributed by atoms with van der Waals surface area (Å²) in [6, 6.07) is 8.21. The normalized spacial score (nSPS) is 16.0. The molecule has 1 heterocycles. The van der Waals surface area contributed by atoms with E-state index >= 15 is 0 Å². The molecule has 2 N–H and O–H groups in total. The maximum atomic E-state index is 9.10. The Morgan fingerprint density at radius 2 is 2.16 bits per heavy atom. The van der Waals surface area contributed by atoms with E-state index in [2.05, 4.69) is 21.6 Å². The minimum atomic E-state index is 0.738. The molecule has 0 saturated carbocycles. The molecule has 0 bridgehead atoms. The van der Waals surface area contributed by atoms with Crippen molar-refractivity contribution >= 4 is 5.69 Å². The molecule has 102 valence electrons. The van der Waals surface area contributed by atoms with E-state index in [1.807, 2.05) is 25.1 Å². The van der Waals surface area contributed by atoms with Crippen molar-refractivity contribution in [1.29, 1.82) is 5.26 Å². The third-order valence-electron chi connectivity index (χ3n) is 3.47. The largest absolute Gasteiger partial charge is 0.384 e. The van der Waals surface area contributed by atoms with Gasteiger partial charge in [-0.3, -0.25) is 0 Å². The third-order valence-corrected chi connectivity index (χ3v) is 3.47. The Labute approximate surface area is 115 Å². The highest BCUT2D eigenvalue weighted by Gasteiger charge is 2.08. The molecule has 1 aromatic rings. The van der Waals surface area contributed by atoms with Crippen molar-refractivity contribution in [2.45, 2.75) is 13.3 Å². The molecule has 0 amide bonds. The molecule has 1 aliphatic heterocycles. The Hall–Kier alpha value is -1.57. The van der Waals surface area contributed by atoms with Crippen LogP contribution in [0.5, 0.6) is 0 Å². The molecular formula is C15H22N4. The van der Waals surface area contributed by atoms with Gasteiger partial charge in [0.2, 0.25) is 0 Å². The lowest BCUT2D eigenvalue weighted by Crippen LogP contribution is -2.44. The second-order valence-corrected chi connectivity index (χ2v) is 5.03. The smallest absolute Gasteiger partial charge is 0.101 e. The molecule has 0 unspecified atom stereocenters. The van der Waals surface area contributed by atoms with Crippen molar-refractivity contribution < 1.29 is 0 Å². The molecule has 4 nitrogen and oxygen atoms in total. The summed E-state index contributed by atoms with van der Waals surface area (Å²) in [6.07, 6.45) is 1.11. The number of anilines is 1. The summed E-state index contributed by atoms with van der Waals surface area (Å²) in [7, 11) is 0. The molecule has 0 aromatic heterocycles. The third kappa shape index (κ3) is 4.23. The maximum absolute atomic E-state index is 9.10. The quantitative estimate of drug-likeness (QED) is 0.787. The number of hydrogen-bond acceptors (Lipinski definition) is 4. The van der Waals surface area contributed by atoms with Gasteiger partial charge in [-0.1, -0.05) is 6.07 Å². The van der Waals surface area contributed by atoms with Crippen molar-refractivity contribution in [3.63, 3.8) is 0 Å². The zero-order valence-electron chi connectivity index (χ0n) is 11.6. The molecule has 0 radical (unpaired) electrons. The van der Waals surface area contributed by atoms with Crippen LogP contribution in [-0.2, 0) is 0 Å². The first-order chi connectivity index (χ1) is 9.29. The summed E-state index contributed by atoms with van der Waals surface area (Å²) in [5.41, 5.74) is 2.82. The summed E-state index contributed by atoms with van der Waals surface area (Å²) >= 11 is 0. The van der Waals surface area contributed by atoms with E-state index in [9.17, 15) is 0 Å². The van der Waals surface area contributed by atoms with Crippen molar-refractivity contribution in [2.24, 2.45) is 0 Å². The number of hydrogen-bond donors (Lipinski definition) is 2. The Balaban J connectivity index is 1.75. The fourth-order valence-electron chi connectivity index (χ4n) is 2.37. The van der Waals surface area contributed by atoms with Gasteiger partial charge >= 0.3 is 0 Å². The first kappa shape index (κ1) is 13.9. The highest BCUT2D eigenvalue weighted by Crippen LogP contribution is 2.16. The molecule has 1 aliphatic rings. The van der Waals surface area contributed by atoms with E-state index in [0.717, 1.165) is 62.5 Å². The summed E-state index contributed by atoms with van der Waals surface area (Å²) < 4.78 is 0. The van der Waals surface area contributed by atoms with Crippen LogP contribution in [0.1, 0.15) is 17.5 Å². The minimum absolute atomic E-state index is 0.738. The minimum Gasteiger partial charge on any atom is -0.384 e. The lowest BCUT2D eigenvalue weighted by Gasteiger charge is -2.27. The van der Waals surface area contributed by atoms with Crippen LogP contribution in [0.4, 0.5) is 5.69 Å². The summed E-state index contributed by atoms with van der Waals surface area (Å²) in [5, 5.41) is 15.8. The fraction of sp³-hybridized carbons (Fsp3) is 0.533. The Bertz CT molecular complexity index is 444. The number of nitrogens with zero attached hydrogens (tertiary/aromatic N) is 2. The van der Waals surface area contributed by atoms with Crippen molar-refractivity contribution in [1.82, 2.24) is 10.2 Å². The van der Waals surface area contributed by atoms with Gasteiger partial charge in [0.25, 0.3) is 0 Å². The van der Waals surface area contributed by atoms with Gasteiger partial charge in [0.1, 0.15) is 6.07 Å². The lowest BCUT2D eigenvalue weighted by molar-refractivity contribution is 0.240. The van der Waals surface area contributed by atoms with Crippen LogP contribution in [0.25, 0.3) is 0 Å². The molecule has 0 spiro atoms. The van der Waals surface area contributed by atoms with Crippen LogP contribution in [0.3, 0.4) is 0 Å². The predicted molar refractivity (Wildman–Crippen MR) is 78.3 cm³/mol. The molecular weight excluding hydrogens is 236 g/mol. The van der Waals surface area contributed by atoms with Gasteiger partial charge in [-0.05, 0) is 37.6 Å². The Morgan fingerprint density at radius 3 is 2.89 bits per heavy atom. The van der Waals surface area contributed by atoms with Crippen molar-refractivity contribution in [3.05, 3.63) is 29.3 Å². The number of nitrogens with one attached hydrogen (secondary N) is 2. The summed E-state index contributed by atoms with van der Waals surface area (Å²) in [6.45, 7) is 8.55. The van der Waals surface area contributed by atoms with E-state index < -0.39 is 0 Å². The van der Waals surface area contributed by atoms with Crippen molar-refractivity contribution in [2.75, 3.05) is 44.6 Å². The molecule has 2 rings (SSSR count). The van der Waals surface area contributed by atoms with Crippen LogP contribution < -0.4 is 10.6 Å². The number of piperazine rings is 1. The molecule has 19 heavy (non-hydrogen) atoms. The molecule has 1 saturated heterocycles. The zero-order chi connectivity index (χ0) is 13.5. The van der Waals surface area contributed by atoms with Gasteiger partial charge in [-0.15, -0.1) is 0 Å². The SMILES string of the molecule is Cc1ccc(NCCCN2CCNCC2)c(C#N)c1. The standard InChI is InChI=1S/C15H22N4/c1-13-3-4-15(14(11-13)12-16)18-5-2-8-19-9-6-17-7-10-19/h3-4,11,17-18H,2,5-10H2,1H3. The molecule has 4 heteroatoms. The molecule has 1 aromatic carbocycles. The average molecular weight is 258 g/mol. The Kier molecular flexibility index (Phi) is 5.20. The van der Waals surface area contributed by atoms with Gasteiger partial charge in [0.05, 0.1) is 11.3 Å². The summed E-state index contributed by atoms with van der Waals surface area (Å²) in [4.78, 5) is 2.48. The van der Waals surface area contributed by atoms with Gasteiger partial charge in [-0.2, -0.15) is 5.26 Å². The van der Waals surface area contributed by atoms with Crippen LogP contribution in [0, 0.1) is 18.3 Å². The van der Waals surface area contributed by atoms with Crippen LogP contribution in [-0.4, -0.2) is 44.2 Å². The molecule has 0 aliphatic carbocycles. The second kappa shape index (κ2) is 7.13. The molecule has 0 atom stereocenters. The van der Waals surface area contributed by atoms with Crippen LogP contribution >= 0.6 is 0 Å². The van der Waals surface area contributed by atoms with Crippen molar-refractivity contribution in [3.8, 4) is 6.07 Å². The first-order valence-corrected chi connectivity index (χ1v) is 6.97. The number of aryl methyl sites for hydroxylation is 1. The molecule has 1 fully saturated rings. The van der Waals surface area contributed by atoms with Gasteiger partial charge in [-0.25, -0.2) is 0 Å². The first-order valence-electron chi connectivity index (χ1n) is 6.97. The Morgan fingerprint density at radius 1 is 1.37 bits per heavy atom. The maximum Gasteiger partial charge on any atom is 0.101 e. The number of benzene rings is 1. The lowest BCUT2D eigenvalue weighted by atomic mass is 10.1. The highest BCUT2D eigenvalue weighted by molar-refractivity contribution is 5.58. The van der Waals surface area contributed by atoms with Crippen LogP contribution in [0.2, 0.25) is 0 Å². The van der Waals surface area contributed by atoms with Crippen LogP contribution in [0.15, 0.2) is 18.2 Å².